The van der Waals surface area contributed by atoms with Crippen LogP contribution in [0.15, 0.2) is 12.5 Å². The highest BCUT2D eigenvalue weighted by Crippen LogP contribution is 2.28. The van der Waals surface area contributed by atoms with Crippen LogP contribution in [0.1, 0.15) is 70.0 Å². The first-order valence-corrected chi connectivity index (χ1v) is 7.59. The van der Waals surface area contributed by atoms with Gasteiger partial charge in [-0.2, -0.15) is 0 Å². The molecule has 1 aromatic rings. The molecular formula is C15H27N3. The first-order valence-electron chi connectivity index (χ1n) is 7.59. The highest BCUT2D eigenvalue weighted by atomic mass is 15.1. The van der Waals surface area contributed by atoms with Gasteiger partial charge in [-0.05, 0) is 25.8 Å². The van der Waals surface area contributed by atoms with Crippen molar-refractivity contribution in [2.45, 2.75) is 64.3 Å². The Morgan fingerprint density at radius 3 is 2.94 bits per heavy atom. The number of aromatic nitrogens is 2. The molecule has 2 heterocycles. The molecule has 3 nitrogen and oxygen atoms in total. The zero-order chi connectivity index (χ0) is 12.8. The zero-order valence-electron chi connectivity index (χ0n) is 11.9. The Labute approximate surface area is 111 Å². The van der Waals surface area contributed by atoms with Crippen molar-refractivity contribution in [2.75, 3.05) is 13.1 Å². The zero-order valence-corrected chi connectivity index (χ0v) is 11.9. The Morgan fingerprint density at radius 2 is 2.28 bits per heavy atom. The van der Waals surface area contributed by atoms with Gasteiger partial charge in [0.05, 0.1) is 6.33 Å². The molecule has 3 heteroatoms. The van der Waals surface area contributed by atoms with Crippen molar-refractivity contribution >= 4 is 0 Å². The summed E-state index contributed by atoms with van der Waals surface area (Å²) in [6.07, 6.45) is 11.9. The molecule has 1 saturated heterocycles. The highest BCUT2D eigenvalue weighted by molar-refractivity contribution is 5.10. The second-order valence-electron chi connectivity index (χ2n) is 5.50. The predicted molar refractivity (Wildman–Crippen MR) is 75.9 cm³/mol. The molecule has 0 saturated carbocycles. The second-order valence-corrected chi connectivity index (χ2v) is 5.50. The molecule has 1 aliphatic heterocycles. The average molecular weight is 249 g/mol. The minimum atomic E-state index is 0.660. The summed E-state index contributed by atoms with van der Waals surface area (Å²) >= 11 is 0. The quantitative estimate of drug-likeness (QED) is 0.801. The largest absolute Gasteiger partial charge is 0.331 e. The maximum atomic E-state index is 4.41. The van der Waals surface area contributed by atoms with Crippen molar-refractivity contribution in [1.29, 1.82) is 0 Å². The third-order valence-electron chi connectivity index (χ3n) is 4.08. The summed E-state index contributed by atoms with van der Waals surface area (Å²) in [5, 5.41) is 3.46. The van der Waals surface area contributed by atoms with Gasteiger partial charge in [0.2, 0.25) is 0 Å². The van der Waals surface area contributed by atoms with Crippen molar-refractivity contribution in [1.82, 2.24) is 14.9 Å². The van der Waals surface area contributed by atoms with Crippen LogP contribution in [0.2, 0.25) is 0 Å². The van der Waals surface area contributed by atoms with E-state index in [9.17, 15) is 0 Å². The maximum Gasteiger partial charge on any atom is 0.0950 e. The van der Waals surface area contributed by atoms with Crippen LogP contribution < -0.4 is 5.32 Å². The minimum absolute atomic E-state index is 0.660. The topological polar surface area (TPSA) is 29.9 Å². The SMILES string of the molecule is CCCCC(CCC)n1cncc1C1CCNC1. The number of nitrogens with zero attached hydrogens (tertiary/aromatic N) is 2. The molecule has 0 aromatic carbocycles. The summed E-state index contributed by atoms with van der Waals surface area (Å²) in [4.78, 5) is 4.41. The Balaban J connectivity index is 2.10. The smallest absolute Gasteiger partial charge is 0.0950 e. The monoisotopic (exact) mass is 249 g/mol. The third-order valence-corrected chi connectivity index (χ3v) is 4.08. The van der Waals surface area contributed by atoms with E-state index in [2.05, 4.69) is 41.2 Å². The summed E-state index contributed by atoms with van der Waals surface area (Å²) in [6.45, 7) is 6.84. The van der Waals surface area contributed by atoms with Crippen LogP contribution in [0.3, 0.4) is 0 Å². The van der Waals surface area contributed by atoms with Crippen LogP contribution in [0.25, 0.3) is 0 Å². The van der Waals surface area contributed by atoms with Crippen molar-refractivity contribution in [3.8, 4) is 0 Å². The number of nitrogens with one attached hydrogen (secondary N) is 1. The fourth-order valence-electron chi connectivity index (χ4n) is 3.04. The van der Waals surface area contributed by atoms with Crippen molar-refractivity contribution < 1.29 is 0 Å². The Hall–Kier alpha value is -0.830. The van der Waals surface area contributed by atoms with Crippen LogP contribution in [0.4, 0.5) is 0 Å². The summed E-state index contributed by atoms with van der Waals surface area (Å²) < 4.78 is 2.47. The van der Waals surface area contributed by atoms with Crippen LogP contribution in [-0.2, 0) is 0 Å². The average Bonchev–Trinajstić information content (AvgIpc) is 3.03. The lowest BCUT2D eigenvalue weighted by Gasteiger charge is -2.22. The maximum absolute atomic E-state index is 4.41. The minimum Gasteiger partial charge on any atom is -0.331 e. The van der Waals surface area contributed by atoms with E-state index in [1.807, 2.05) is 0 Å². The number of hydrogen-bond acceptors (Lipinski definition) is 2. The van der Waals surface area contributed by atoms with E-state index in [1.54, 1.807) is 0 Å². The van der Waals surface area contributed by atoms with E-state index in [4.69, 9.17) is 0 Å². The summed E-state index contributed by atoms with van der Waals surface area (Å²) in [7, 11) is 0. The van der Waals surface area contributed by atoms with Crippen molar-refractivity contribution in [3.63, 3.8) is 0 Å². The van der Waals surface area contributed by atoms with Gasteiger partial charge in [0.25, 0.3) is 0 Å². The Kier molecular flexibility index (Phi) is 5.24. The van der Waals surface area contributed by atoms with Gasteiger partial charge in [-0.15, -0.1) is 0 Å². The molecule has 1 aliphatic rings. The lowest BCUT2D eigenvalue weighted by Crippen LogP contribution is -2.15. The van der Waals surface area contributed by atoms with Gasteiger partial charge >= 0.3 is 0 Å². The summed E-state index contributed by atoms with van der Waals surface area (Å²) in [6, 6.07) is 0.660. The highest BCUT2D eigenvalue weighted by Gasteiger charge is 2.22. The van der Waals surface area contributed by atoms with Gasteiger partial charge in [-0.25, -0.2) is 4.98 Å². The molecule has 0 aliphatic carbocycles. The van der Waals surface area contributed by atoms with E-state index in [1.165, 1.54) is 44.2 Å². The van der Waals surface area contributed by atoms with Gasteiger partial charge in [0.15, 0.2) is 0 Å². The van der Waals surface area contributed by atoms with Gasteiger partial charge in [0, 0.05) is 30.4 Å². The number of rotatable bonds is 7. The molecule has 1 N–H and O–H groups in total. The van der Waals surface area contributed by atoms with Crippen LogP contribution in [-0.4, -0.2) is 22.6 Å². The van der Waals surface area contributed by atoms with E-state index in [0.29, 0.717) is 12.0 Å². The second kappa shape index (κ2) is 6.93. The van der Waals surface area contributed by atoms with Crippen molar-refractivity contribution in [3.05, 3.63) is 18.2 Å². The molecule has 18 heavy (non-hydrogen) atoms. The normalized spacial score (nSPS) is 21.3. The molecule has 2 unspecified atom stereocenters. The molecule has 1 aromatic heterocycles. The lowest BCUT2D eigenvalue weighted by molar-refractivity contribution is 0.400. The molecule has 1 fully saturated rings. The Morgan fingerprint density at radius 1 is 1.39 bits per heavy atom. The fourth-order valence-corrected chi connectivity index (χ4v) is 3.04. The molecule has 0 amide bonds. The number of unbranched alkanes of at least 4 members (excludes halogenated alkanes) is 1. The molecule has 2 atom stereocenters. The lowest BCUT2D eigenvalue weighted by atomic mass is 10.0. The van der Waals surface area contributed by atoms with Gasteiger partial charge < -0.3 is 9.88 Å². The van der Waals surface area contributed by atoms with Gasteiger partial charge in [-0.3, -0.25) is 0 Å². The van der Waals surface area contributed by atoms with E-state index in [-0.39, 0.29) is 0 Å². The van der Waals surface area contributed by atoms with Crippen molar-refractivity contribution in [2.24, 2.45) is 0 Å². The molecule has 0 bridgehead atoms. The van der Waals surface area contributed by atoms with Crippen LogP contribution >= 0.6 is 0 Å². The predicted octanol–water partition coefficient (Wildman–Crippen LogP) is 3.49. The van der Waals surface area contributed by atoms with E-state index < -0.39 is 0 Å². The summed E-state index contributed by atoms with van der Waals surface area (Å²) in [5.74, 6) is 0.675. The molecular weight excluding hydrogens is 222 g/mol. The summed E-state index contributed by atoms with van der Waals surface area (Å²) in [5.41, 5.74) is 1.45. The molecule has 0 radical (unpaired) electrons. The number of hydrogen-bond donors (Lipinski definition) is 1. The Bertz CT molecular complexity index is 339. The molecule has 102 valence electrons. The van der Waals surface area contributed by atoms with E-state index >= 15 is 0 Å². The number of imidazole rings is 1. The van der Waals surface area contributed by atoms with Crippen LogP contribution in [0, 0.1) is 0 Å². The first-order chi connectivity index (χ1) is 8.86. The molecule has 0 spiro atoms. The van der Waals surface area contributed by atoms with Gasteiger partial charge in [0.1, 0.15) is 0 Å². The standard InChI is InChI=1S/C15H27N3/c1-3-5-7-14(6-4-2)18-12-17-11-15(18)13-8-9-16-10-13/h11-14,16H,3-10H2,1-2H3. The van der Waals surface area contributed by atoms with Crippen LogP contribution in [0.5, 0.6) is 0 Å². The first kappa shape index (κ1) is 13.6. The fraction of sp³-hybridized carbons (Fsp3) is 0.800. The van der Waals surface area contributed by atoms with E-state index in [0.717, 1.165) is 13.1 Å². The molecule has 2 rings (SSSR count). The third kappa shape index (κ3) is 3.14. The van der Waals surface area contributed by atoms with Gasteiger partial charge in [-0.1, -0.05) is 33.1 Å².